The number of methoxy groups -OCH3 is 1. The Labute approximate surface area is 179 Å². The molecule has 2 aromatic heterocycles. The van der Waals surface area contributed by atoms with E-state index in [0.717, 1.165) is 33.8 Å². The van der Waals surface area contributed by atoms with Crippen LogP contribution in [0.1, 0.15) is 38.4 Å². The zero-order valence-corrected chi connectivity index (χ0v) is 17.6. The average molecular weight is 418 g/mol. The highest BCUT2D eigenvalue weighted by atomic mass is 19.1. The van der Waals surface area contributed by atoms with Crippen LogP contribution in [0.3, 0.4) is 0 Å². The summed E-state index contributed by atoms with van der Waals surface area (Å²) < 4.78 is 20.2. The van der Waals surface area contributed by atoms with E-state index in [0.29, 0.717) is 24.2 Å². The number of amides is 1. The van der Waals surface area contributed by atoms with Crippen molar-refractivity contribution in [2.75, 3.05) is 7.11 Å². The van der Waals surface area contributed by atoms with Crippen molar-refractivity contribution >= 4 is 11.6 Å². The third-order valence-corrected chi connectivity index (χ3v) is 5.38. The van der Waals surface area contributed by atoms with Crippen molar-refractivity contribution in [2.45, 2.75) is 26.8 Å². The summed E-state index contributed by atoms with van der Waals surface area (Å²) in [5.74, 6) is 0.207. The van der Waals surface area contributed by atoms with Crippen molar-refractivity contribution in [1.82, 2.24) is 19.9 Å². The van der Waals surface area contributed by atoms with Crippen LogP contribution >= 0.6 is 0 Å². The minimum absolute atomic E-state index is 0.251. The maximum atomic E-state index is 13.2. The van der Waals surface area contributed by atoms with E-state index in [1.165, 1.54) is 18.3 Å². The Bertz CT molecular complexity index is 1250. The molecule has 4 aromatic rings. The van der Waals surface area contributed by atoms with Gasteiger partial charge < -0.3 is 10.1 Å². The zero-order chi connectivity index (χ0) is 22.0. The van der Waals surface area contributed by atoms with Crippen LogP contribution in [0, 0.1) is 19.7 Å². The maximum Gasteiger partial charge on any atom is 0.257 e. The number of carbonyl (C=O) groups excluding carboxylic acids is 1. The Balaban J connectivity index is 1.60. The molecule has 2 heterocycles. The predicted octanol–water partition coefficient (Wildman–Crippen LogP) is 4.01. The van der Waals surface area contributed by atoms with Crippen molar-refractivity contribution in [2.24, 2.45) is 0 Å². The number of nitrogens with zero attached hydrogens (tertiary/aromatic N) is 3. The Morgan fingerprint density at radius 3 is 2.61 bits per heavy atom. The number of aromatic nitrogens is 3. The average Bonchev–Trinajstić information content (AvgIpc) is 3.20. The lowest BCUT2D eigenvalue weighted by atomic mass is 10.0. The number of benzene rings is 2. The summed E-state index contributed by atoms with van der Waals surface area (Å²) in [4.78, 5) is 17.5. The van der Waals surface area contributed by atoms with Gasteiger partial charge in [0.05, 0.1) is 13.3 Å². The third kappa shape index (κ3) is 4.12. The number of nitrogens with one attached hydrogen (secondary N) is 1. The number of hydrogen-bond donors (Lipinski definition) is 1. The van der Waals surface area contributed by atoms with Crippen LogP contribution in [-0.2, 0) is 13.0 Å². The first kappa shape index (κ1) is 20.5. The molecule has 0 saturated carbocycles. The van der Waals surface area contributed by atoms with Gasteiger partial charge in [-0.2, -0.15) is 5.10 Å². The van der Waals surface area contributed by atoms with Gasteiger partial charge in [-0.25, -0.2) is 13.9 Å². The minimum Gasteiger partial charge on any atom is -0.496 e. The first-order valence-corrected chi connectivity index (χ1v) is 9.96. The van der Waals surface area contributed by atoms with Crippen LogP contribution in [0.25, 0.3) is 5.65 Å². The van der Waals surface area contributed by atoms with Gasteiger partial charge >= 0.3 is 0 Å². The molecular weight excluding hydrogens is 395 g/mol. The smallest absolute Gasteiger partial charge is 0.257 e. The van der Waals surface area contributed by atoms with Gasteiger partial charge in [0, 0.05) is 29.9 Å². The molecule has 2 aromatic carbocycles. The molecule has 6 nitrogen and oxygen atoms in total. The Morgan fingerprint density at radius 2 is 1.87 bits per heavy atom. The summed E-state index contributed by atoms with van der Waals surface area (Å²) in [6.07, 6.45) is 2.14. The van der Waals surface area contributed by atoms with Gasteiger partial charge in [0.2, 0.25) is 0 Å². The van der Waals surface area contributed by atoms with E-state index >= 15 is 0 Å². The predicted molar refractivity (Wildman–Crippen MR) is 116 cm³/mol. The molecule has 0 bridgehead atoms. The monoisotopic (exact) mass is 418 g/mol. The van der Waals surface area contributed by atoms with E-state index in [2.05, 4.69) is 15.4 Å². The fourth-order valence-electron chi connectivity index (χ4n) is 3.65. The number of ether oxygens (including phenoxy) is 1. The number of para-hydroxylation sites is 1. The van der Waals surface area contributed by atoms with E-state index in [4.69, 9.17) is 4.74 Å². The van der Waals surface area contributed by atoms with Crippen LogP contribution in [0.5, 0.6) is 5.75 Å². The van der Waals surface area contributed by atoms with E-state index in [9.17, 15) is 9.18 Å². The Morgan fingerprint density at radius 1 is 1.13 bits per heavy atom. The maximum absolute atomic E-state index is 13.2. The quantitative estimate of drug-likeness (QED) is 0.514. The molecule has 0 unspecified atom stereocenters. The highest BCUT2D eigenvalue weighted by molar-refractivity contribution is 5.99. The second-order valence-electron chi connectivity index (χ2n) is 7.35. The van der Waals surface area contributed by atoms with Gasteiger partial charge in [-0.1, -0.05) is 30.3 Å². The molecule has 1 N–H and O–H groups in total. The van der Waals surface area contributed by atoms with Crippen LogP contribution in [0.4, 0.5) is 4.39 Å². The zero-order valence-electron chi connectivity index (χ0n) is 17.6. The van der Waals surface area contributed by atoms with Crippen LogP contribution < -0.4 is 10.1 Å². The molecule has 0 aliphatic carbocycles. The molecule has 0 atom stereocenters. The van der Waals surface area contributed by atoms with Gasteiger partial charge in [0.1, 0.15) is 17.1 Å². The summed E-state index contributed by atoms with van der Waals surface area (Å²) in [6.45, 7) is 4.19. The van der Waals surface area contributed by atoms with Crippen molar-refractivity contribution in [3.63, 3.8) is 0 Å². The lowest BCUT2D eigenvalue weighted by molar-refractivity contribution is 0.0952. The molecule has 1 amide bonds. The summed E-state index contributed by atoms with van der Waals surface area (Å²) in [5.41, 5.74) is 5.50. The largest absolute Gasteiger partial charge is 0.496 e. The first-order chi connectivity index (χ1) is 15.0. The molecule has 7 heteroatoms. The van der Waals surface area contributed by atoms with Crippen molar-refractivity contribution in [1.29, 1.82) is 0 Å². The van der Waals surface area contributed by atoms with Crippen molar-refractivity contribution < 1.29 is 13.9 Å². The topological polar surface area (TPSA) is 68.5 Å². The molecule has 0 fully saturated rings. The number of carbonyl (C=O) groups is 1. The first-order valence-electron chi connectivity index (χ1n) is 9.96. The van der Waals surface area contributed by atoms with Gasteiger partial charge in [-0.15, -0.1) is 0 Å². The van der Waals surface area contributed by atoms with E-state index < -0.39 is 0 Å². The molecule has 4 rings (SSSR count). The summed E-state index contributed by atoms with van der Waals surface area (Å²) in [6, 6.07) is 14.0. The lowest BCUT2D eigenvalue weighted by Gasteiger charge is -2.12. The number of rotatable bonds is 6. The molecule has 158 valence electrons. The second kappa shape index (κ2) is 8.55. The lowest BCUT2D eigenvalue weighted by Crippen LogP contribution is -2.23. The molecular formula is C24H23FN4O2. The van der Waals surface area contributed by atoms with E-state index in [1.54, 1.807) is 23.8 Å². The van der Waals surface area contributed by atoms with Crippen molar-refractivity contribution in [3.05, 3.63) is 94.2 Å². The van der Waals surface area contributed by atoms with Gasteiger partial charge in [-0.3, -0.25) is 4.79 Å². The molecule has 0 aliphatic rings. The highest BCUT2D eigenvalue weighted by Gasteiger charge is 2.18. The standard InChI is InChI=1S/C24H23FN4O2/c1-15-20(12-17-8-10-19(25)11-9-17)16(2)29-23(28-15)21(14-27-29)24(30)26-13-18-6-4-5-7-22(18)31-3/h4-11,14H,12-13H2,1-3H3,(H,26,30). The summed E-state index contributed by atoms with van der Waals surface area (Å²) >= 11 is 0. The molecule has 0 spiro atoms. The highest BCUT2D eigenvalue weighted by Crippen LogP contribution is 2.21. The van der Waals surface area contributed by atoms with Crippen molar-refractivity contribution in [3.8, 4) is 5.75 Å². The third-order valence-electron chi connectivity index (χ3n) is 5.38. The fraction of sp³-hybridized carbons (Fsp3) is 0.208. The number of hydrogen-bond acceptors (Lipinski definition) is 4. The summed E-state index contributed by atoms with van der Waals surface area (Å²) in [5, 5.41) is 7.31. The fourth-order valence-corrected chi connectivity index (χ4v) is 3.65. The number of fused-ring (bicyclic) bond motifs is 1. The molecule has 0 radical (unpaired) electrons. The molecule has 0 aliphatic heterocycles. The SMILES string of the molecule is COc1ccccc1CNC(=O)c1cnn2c(C)c(Cc3ccc(F)cc3)c(C)nc12. The molecule has 0 saturated heterocycles. The van der Waals surface area contributed by atoms with E-state index in [-0.39, 0.29) is 11.7 Å². The van der Waals surface area contributed by atoms with Gasteiger partial charge in [0.25, 0.3) is 5.91 Å². The van der Waals surface area contributed by atoms with E-state index in [1.807, 2.05) is 38.1 Å². The normalized spacial score (nSPS) is 11.0. The molecule has 31 heavy (non-hydrogen) atoms. The Hall–Kier alpha value is -3.74. The van der Waals surface area contributed by atoms with Gasteiger partial charge in [-0.05, 0) is 43.2 Å². The van der Waals surface area contributed by atoms with Crippen LogP contribution in [0.2, 0.25) is 0 Å². The summed E-state index contributed by atoms with van der Waals surface area (Å²) in [7, 11) is 1.60. The second-order valence-corrected chi connectivity index (χ2v) is 7.35. The number of aryl methyl sites for hydroxylation is 2. The van der Waals surface area contributed by atoms with Gasteiger partial charge in [0.15, 0.2) is 5.65 Å². The number of halogens is 1. The minimum atomic E-state index is -0.262. The Kier molecular flexibility index (Phi) is 5.66. The van der Waals surface area contributed by atoms with Crippen LogP contribution in [0.15, 0.2) is 54.7 Å². The van der Waals surface area contributed by atoms with Crippen LogP contribution in [-0.4, -0.2) is 27.6 Å².